The van der Waals surface area contributed by atoms with Gasteiger partial charge in [-0.15, -0.1) is 0 Å². The molecule has 9 rings (SSSR count). The number of nitrogens with zero attached hydrogens (tertiary/aromatic N) is 4. The Bertz CT molecular complexity index is 2720. The minimum atomic E-state index is 0.616. The predicted molar refractivity (Wildman–Crippen MR) is 231 cm³/mol. The van der Waals surface area contributed by atoms with Gasteiger partial charge in [0.2, 0.25) is 0 Å². The standard InChI is InChI=1S/C52H38N4/c1-35-26-31-46(36(2)53-35)43-24-15-25-44(32-43)52-55-50(41-22-13-6-14-23-41)54-51(56-52)42-29-27-40(28-30-42)49-47(38-18-9-4-10-19-38)33-45(37-16-7-3-8-17-37)34-48(49)39-20-11-5-12-21-39/h3-34H,1-2H3. The smallest absolute Gasteiger partial charge is 0.164 e. The second-order valence-electron chi connectivity index (χ2n) is 14.0. The first-order chi connectivity index (χ1) is 27.6. The van der Waals surface area contributed by atoms with Crippen LogP contribution in [0, 0.1) is 13.8 Å². The van der Waals surface area contributed by atoms with Gasteiger partial charge in [-0.25, -0.2) is 15.0 Å². The molecule has 9 aromatic rings. The number of benzene rings is 7. The van der Waals surface area contributed by atoms with Crippen molar-refractivity contribution in [3.63, 3.8) is 0 Å². The molecule has 0 aliphatic carbocycles. The van der Waals surface area contributed by atoms with E-state index in [1.807, 2.05) is 37.3 Å². The van der Waals surface area contributed by atoms with Crippen LogP contribution in [0.3, 0.4) is 0 Å². The van der Waals surface area contributed by atoms with E-state index in [1.54, 1.807) is 0 Å². The summed E-state index contributed by atoms with van der Waals surface area (Å²) in [5.74, 6) is 1.86. The van der Waals surface area contributed by atoms with Crippen molar-refractivity contribution in [2.24, 2.45) is 0 Å². The Balaban J connectivity index is 1.19. The quantitative estimate of drug-likeness (QED) is 0.157. The Kier molecular flexibility index (Phi) is 9.36. The molecular formula is C52H38N4. The van der Waals surface area contributed by atoms with E-state index in [0.29, 0.717) is 17.5 Å². The van der Waals surface area contributed by atoms with Crippen LogP contribution in [0.25, 0.3) is 89.8 Å². The first-order valence-electron chi connectivity index (χ1n) is 18.9. The van der Waals surface area contributed by atoms with Crippen molar-refractivity contribution in [2.75, 3.05) is 0 Å². The third kappa shape index (κ3) is 7.04. The zero-order chi connectivity index (χ0) is 37.8. The lowest BCUT2D eigenvalue weighted by Gasteiger charge is -2.19. The Morgan fingerprint density at radius 2 is 0.696 bits per heavy atom. The average molecular weight is 719 g/mol. The van der Waals surface area contributed by atoms with Gasteiger partial charge in [0.15, 0.2) is 17.5 Å². The summed E-state index contributed by atoms with van der Waals surface area (Å²) in [5.41, 5.74) is 16.2. The van der Waals surface area contributed by atoms with Crippen molar-refractivity contribution >= 4 is 0 Å². The average Bonchev–Trinajstić information content (AvgIpc) is 3.27. The number of hydrogen-bond acceptors (Lipinski definition) is 4. The molecule has 7 aromatic carbocycles. The van der Waals surface area contributed by atoms with E-state index >= 15 is 0 Å². The molecular weight excluding hydrogens is 681 g/mol. The number of rotatable bonds is 8. The van der Waals surface area contributed by atoms with Crippen molar-refractivity contribution < 1.29 is 0 Å². The minimum Gasteiger partial charge on any atom is -0.258 e. The summed E-state index contributed by atoms with van der Waals surface area (Å²) in [4.78, 5) is 19.9. The van der Waals surface area contributed by atoms with Gasteiger partial charge in [0.1, 0.15) is 0 Å². The summed E-state index contributed by atoms with van der Waals surface area (Å²) < 4.78 is 0. The summed E-state index contributed by atoms with van der Waals surface area (Å²) in [7, 11) is 0. The van der Waals surface area contributed by atoms with Crippen molar-refractivity contribution in [1.29, 1.82) is 0 Å². The normalized spacial score (nSPS) is 11.0. The van der Waals surface area contributed by atoms with Crippen LogP contribution < -0.4 is 0 Å². The van der Waals surface area contributed by atoms with Crippen LogP contribution in [0.4, 0.5) is 0 Å². The van der Waals surface area contributed by atoms with E-state index in [-0.39, 0.29) is 0 Å². The molecule has 0 bridgehead atoms. The third-order valence-electron chi connectivity index (χ3n) is 10.2. The molecule has 0 amide bonds. The van der Waals surface area contributed by atoms with Gasteiger partial charge in [-0.3, -0.25) is 4.98 Å². The van der Waals surface area contributed by atoms with E-state index in [0.717, 1.165) is 55.9 Å². The molecule has 4 heteroatoms. The van der Waals surface area contributed by atoms with Gasteiger partial charge < -0.3 is 0 Å². The largest absolute Gasteiger partial charge is 0.258 e. The lowest BCUT2D eigenvalue weighted by Crippen LogP contribution is -2.00. The van der Waals surface area contributed by atoms with E-state index < -0.39 is 0 Å². The molecule has 0 fully saturated rings. The van der Waals surface area contributed by atoms with E-state index in [4.69, 9.17) is 19.9 Å². The highest BCUT2D eigenvalue weighted by atomic mass is 15.0. The van der Waals surface area contributed by atoms with E-state index in [9.17, 15) is 0 Å². The molecule has 0 saturated heterocycles. The first-order valence-corrected chi connectivity index (χ1v) is 18.9. The van der Waals surface area contributed by atoms with Crippen LogP contribution >= 0.6 is 0 Å². The molecule has 0 atom stereocenters. The molecule has 0 aliphatic rings. The highest BCUT2D eigenvalue weighted by Gasteiger charge is 2.19. The highest BCUT2D eigenvalue weighted by Crippen LogP contribution is 2.43. The second-order valence-corrected chi connectivity index (χ2v) is 14.0. The third-order valence-corrected chi connectivity index (χ3v) is 10.2. The van der Waals surface area contributed by atoms with Crippen molar-refractivity contribution in [2.45, 2.75) is 13.8 Å². The lowest BCUT2D eigenvalue weighted by atomic mass is 9.84. The van der Waals surface area contributed by atoms with Crippen molar-refractivity contribution in [3.8, 4) is 89.8 Å². The van der Waals surface area contributed by atoms with Gasteiger partial charge >= 0.3 is 0 Å². The second kappa shape index (κ2) is 15.2. The molecule has 2 aromatic heterocycles. The predicted octanol–water partition coefficient (Wildman–Crippen LogP) is 13.2. The summed E-state index contributed by atoms with van der Waals surface area (Å²) in [5, 5.41) is 0. The molecule has 0 unspecified atom stereocenters. The van der Waals surface area contributed by atoms with E-state index in [2.05, 4.69) is 171 Å². The summed E-state index contributed by atoms with van der Waals surface area (Å²) in [6, 6.07) is 68.0. The topological polar surface area (TPSA) is 51.6 Å². The first kappa shape index (κ1) is 34.5. The SMILES string of the molecule is Cc1ccc(-c2cccc(-c3nc(-c4ccccc4)nc(-c4ccc(-c5c(-c6ccccc6)cc(-c6ccccc6)cc5-c5ccccc5)cc4)n3)c2)c(C)n1. The maximum Gasteiger partial charge on any atom is 0.164 e. The fourth-order valence-corrected chi connectivity index (χ4v) is 7.40. The lowest BCUT2D eigenvalue weighted by molar-refractivity contribution is 1.07. The van der Waals surface area contributed by atoms with Crippen LogP contribution in [0.5, 0.6) is 0 Å². The number of pyridine rings is 1. The molecule has 56 heavy (non-hydrogen) atoms. The van der Waals surface area contributed by atoms with Crippen molar-refractivity contribution in [1.82, 2.24) is 19.9 Å². The molecule has 0 aliphatic heterocycles. The van der Waals surface area contributed by atoms with Gasteiger partial charge in [-0.1, -0.05) is 170 Å². The van der Waals surface area contributed by atoms with Crippen LogP contribution in [0.2, 0.25) is 0 Å². The molecule has 4 nitrogen and oxygen atoms in total. The molecule has 0 N–H and O–H groups in total. The maximum atomic E-state index is 5.11. The molecule has 2 heterocycles. The Morgan fingerprint density at radius 1 is 0.268 bits per heavy atom. The minimum absolute atomic E-state index is 0.616. The fourth-order valence-electron chi connectivity index (χ4n) is 7.40. The van der Waals surface area contributed by atoms with Crippen molar-refractivity contribution in [3.05, 3.63) is 206 Å². The molecule has 0 saturated carbocycles. The Labute approximate surface area is 327 Å². The van der Waals surface area contributed by atoms with Gasteiger partial charge in [0.25, 0.3) is 0 Å². The van der Waals surface area contributed by atoms with Gasteiger partial charge in [0.05, 0.1) is 0 Å². The van der Waals surface area contributed by atoms with Gasteiger partial charge in [0, 0.05) is 33.6 Å². The molecule has 0 spiro atoms. The maximum absolute atomic E-state index is 5.11. The number of aromatic nitrogens is 4. The van der Waals surface area contributed by atoms with Gasteiger partial charge in [-0.2, -0.15) is 0 Å². The summed E-state index contributed by atoms with van der Waals surface area (Å²) >= 11 is 0. The van der Waals surface area contributed by atoms with E-state index in [1.165, 1.54) is 27.8 Å². The Morgan fingerprint density at radius 3 is 1.23 bits per heavy atom. The zero-order valence-corrected chi connectivity index (χ0v) is 31.3. The number of aryl methyl sites for hydroxylation is 2. The van der Waals surface area contributed by atoms with Crippen LogP contribution in [-0.2, 0) is 0 Å². The monoisotopic (exact) mass is 718 g/mol. The van der Waals surface area contributed by atoms with Crippen LogP contribution in [0.15, 0.2) is 194 Å². The number of hydrogen-bond donors (Lipinski definition) is 0. The van der Waals surface area contributed by atoms with Gasteiger partial charge in [-0.05, 0) is 88.2 Å². The highest BCUT2D eigenvalue weighted by molar-refractivity contribution is 5.98. The summed E-state index contributed by atoms with van der Waals surface area (Å²) in [6.45, 7) is 4.07. The zero-order valence-electron chi connectivity index (χ0n) is 31.3. The fraction of sp³-hybridized carbons (Fsp3) is 0.0385. The molecule has 266 valence electrons. The molecule has 0 radical (unpaired) electrons. The van der Waals surface area contributed by atoms with Crippen LogP contribution in [-0.4, -0.2) is 19.9 Å². The van der Waals surface area contributed by atoms with Crippen LogP contribution in [0.1, 0.15) is 11.4 Å². The Hall–Kier alpha value is -7.30. The summed E-state index contributed by atoms with van der Waals surface area (Å²) in [6.07, 6.45) is 0.